The van der Waals surface area contributed by atoms with Crippen LogP contribution in [0.15, 0.2) is 60.7 Å². The molecule has 0 bridgehead atoms. The number of aliphatic hydroxyl groups is 3. The Bertz CT molecular complexity index is 1030. The Morgan fingerprint density at radius 1 is 0.794 bits per heavy atom. The molecule has 1 aliphatic heterocycles. The van der Waals surface area contributed by atoms with Gasteiger partial charge in [0.2, 0.25) is 0 Å². The summed E-state index contributed by atoms with van der Waals surface area (Å²) in [6, 6.07) is 12.0. The van der Waals surface area contributed by atoms with Crippen molar-refractivity contribution in [3.05, 3.63) is 71.8 Å². The van der Waals surface area contributed by atoms with Gasteiger partial charge < -0.3 is 39.7 Å². The predicted molar refractivity (Wildman–Crippen MR) is 118 cm³/mol. The Hall–Kier alpha value is -3.70. The van der Waals surface area contributed by atoms with Crippen LogP contribution in [0, 0.1) is 0 Å². The molecule has 0 amide bonds. The molecule has 180 valence electrons. The molecule has 0 unspecified atom stereocenters. The molecule has 0 spiro atoms. The first-order chi connectivity index (χ1) is 16.2. The molecule has 1 saturated heterocycles. The highest BCUT2D eigenvalue weighted by molar-refractivity contribution is 5.87. The Labute approximate surface area is 194 Å². The molecule has 2 aromatic rings. The summed E-state index contributed by atoms with van der Waals surface area (Å²) in [6.07, 6.45) is -2.92. The van der Waals surface area contributed by atoms with Crippen molar-refractivity contribution >= 4 is 24.1 Å². The van der Waals surface area contributed by atoms with Crippen LogP contribution in [0.25, 0.3) is 12.2 Å². The van der Waals surface area contributed by atoms with Crippen molar-refractivity contribution in [3.8, 4) is 11.5 Å². The molecule has 1 fully saturated rings. The first kappa shape index (κ1) is 24.9. The van der Waals surface area contributed by atoms with E-state index in [0.717, 1.165) is 12.2 Å². The predicted octanol–water partition coefficient (Wildman–Crippen LogP) is 0.718. The summed E-state index contributed by atoms with van der Waals surface area (Å²) in [5.74, 6) is -1.53. The number of esters is 2. The van der Waals surface area contributed by atoms with Crippen molar-refractivity contribution in [1.82, 2.24) is 0 Å². The van der Waals surface area contributed by atoms with E-state index in [9.17, 15) is 35.1 Å². The van der Waals surface area contributed by atoms with Crippen molar-refractivity contribution in [2.75, 3.05) is 6.61 Å². The fourth-order valence-corrected chi connectivity index (χ4v) is 3.07. The SMILES string of the molecule is O=C(/C=C/c1ccc(O)cc1)OC[C@H]1O[C@@H](O)[C@H](OC(=O)/C=C/c2ccc(O)cc2)[C@@H](O)[C@@H]1O. The zero-order chi connectivity index (χ0) is 24.7. The van der Waals surface area contributed by atoms with E-state index in [1.165, 1.54) is 36.4 Å². The lowest BCUT2D eigenvalue weighted by Crippen LogP contribution is -2.59. The lowest BCUT2D eigenvalue weighted by Gasteiger charge is -2.39. The van der Waals surface area contributed by atoms with Crippen molar-refractivity contribution in [3.63, 3.8) is 0 Å². The smallest absolute Gasteiger partial charge is 0.331 e. The molecule has 0 radical (unpaired) electrons. The minimum atomic E-state index is -1.78. The van der Waals surface area contributed by atoms with Gasteiger partial charge in [-0.3, -0.25) is 0 Å². The minimum absolute atomic E-state index is 0.0629. The third-order valence-corrected chi connectivity index (χ3v) is 4.91. The van der Waals surface area contributed by atoms with Gasteiger partial charge in [0, 0.05) is 12.2 Å². The van der Waals surface area contributed by atoms with Crippen LogP contribution in [0.2, 0.25) is 0 Å². The Morgan fingerprint density at radius 3 is 1.82 bits per heavy atom. The summed E-state index contributed by atoms with van der Waals surface area (Å²) < 4.78 is 15.2. The number of hydrogen-bond donors (Lipinski definition) is 5. The van der Waals surface area contributed by atoms with Gasteiger partial charge in [0.15, 0.2) is 12.4 Å². The topological polar surface area (TPSA) is 163 Å². The van der Waals surface area contributed by atoms with Crippen molar-refractivity contribution in [2.45, 2.75) is 30.7 Å². The number of phenols is 2. The summed E-state index contributed by atoms with van der Waals surface area (Å²) in [5, 5.41) is 49.2. The van der Waals surface area contributed by atoms with Crippen molar-refractivity contribution in [1.29, 1.82) is 0 Å². The maximum absolute atomic E-state index is 12.0. The van der Waals surface area contributed by atoms with E-state index < -0.39 is 49.3 Å². The highest BCUT2D eigenvalue weighted by Gasteiger charge is 2.46. The van der Waals surface area contributed by atoms with Gasteiger partial charge in [0.1, 0.15) is 36.4 Å². The van der Waals surface area contributed by atoms with Gasteiger partial charge in [-0.05, 0) is 47.5 Å². The molecule has 0 aliphatic carbocycles. The number of aromatic hydroxyl groups is 2. The largest absolute Gasteiger partial charge is 0.508 e. The van der Waals surface area contributed by atoms with E-state index in [-0.39, 0.29) is 11.5 Å². The van der Waals surface area contributed by atoms with Gasteiger partial charge in [0.25, 0.3) is 0 Å². The first-order valence-electron chi connectivity index (χ1n) is 10.2. The highest BCUT2D eigenvalue weighted by atomic mass is 16.7. The third kappa shape index (κ3) is 6.90. The van der Waals surface area contributed by atoms with Crippen LogP contribution in [-0.2, 0) is 23.8 Å². The van der Waals surface area contributed by atoms with Crippen LogP contribution in [0.5, 0.6) is 11.5 Å². The normalized spacial score (nSPS) is 24.9. The quantitative estimate of drug-likeness (QED) is 0.287. The molecule has 0 saturated carbocycles. The number of rotatable bonds is 7. The Balaban J connectivity index is 1.50. The lowest BCUT2D eigenvalue weighted by atomic mass is 9.99. The molecule has 1 heterocycles. The van der Waals surface area contributed by atoms with Gasteiger partial charge in [-0.15, -0.1) is 0 Å². The van der Waals surface area contributed by atoms with Crippen molar-refractivity contribution in [2.24, 2.45) is 0 Å². The van der Waals surface area contributed by atoms with E-state index in [1.54, 1.807) is 24.3 Å². The summed E-state index contributed by atoms with van der Waals surface area (Å²) in [4.78, 5) is 23.9. The average molecular weight is 472 g/mol. The fraction of sp³-hybridized carbons (Fsp3) is 0.250. The summed E-state index contributed by atoms with van der Waals surface area (Å²) >= 11 is 0. The van der Waals surface area contributed by atoms with Crippen LogP contribution >= 0.6 is 0 Å². The van der Waals surface area contributed by atoms with Gasteiger partial charge in [-0.25, -0.2) is 9.59 Å². The number of carbonyl (C=O) groups excluding carboxylic acids is 2. The number of carbonyl (C=O) groups is 2. The van der Waals surface area contributed by atoms with Gasteiger partial charge in [-0.2, -0.15) is 0 Å². The van der Waals surface area contributed by atoms with Crippen LogP contribution in [0.4, 0.5) is 0 Å². The second-order valence-corrected chi connectivity index (χ2v) is 7.43. The lowest BCUT2D eigenvalue weighted by molar-refractivity contribution is -0.290. The first-order valence-corrected chi connectivity index (χ1v) is 10.2. The van der Waals surface area contributed by atoms with Gasteiger partial charge in [-0.1, -0.05) is 24.3 Å². The molecular weight excluding hydrogens is 448 g/mol. The maximum atomic E-state index is 12.0. The standard InChI is InChI=1S/C24H24O10/c25-16-7-1-14(2-8-16)5-11-19(27)32-13-18-21(29)22(30)23(24(31)33-18)34-20(28)12-6-15-3-9-17(26)10-4-15/h1-12,18,21-26,29-31H,13H2/b11-5+,12-6+/t18-,21-,22+,23-,24-/m1/s1. The third-order valence-electron chi connectivity index (χ3n) is 4.91. The van der Waals surface area contributed by atoms with Crippen molar-refractivity contribution < 1.29 is 49.3 Å². The molecule has 10 heteroatoms. The number of aliphatic hydroxyl groups excluding tert-OH is 3. The van der Waals surface area contributed by atoms with Crippen LogP contribution < -0.4 is 0 Å². The molecule has 2 aromatic carbocycles. The van der Waals surface area contributed by atoms with Crippen LogP contribution in [0.1, 0.15) is 11.1 Å². The number of phenolic OH excluding ortho intramolecular Hbond substituents is 2. The van der Waals surface area contributed by atoms with E-state index in [1.807, 2.05) is 0 Å². The monoisotopic (exact) mass is 472 g/mol. The molecule has 0 aromatic heterocycles. The summed E-state index contributed by atoms with van der Waals surface area (Å²) in [5.41, 5.74) is 1.23. The Kier molecular flexibility index (Phi) is 8.39. The summed E-state index contributed by atoms with van der Waals surface area (Å²) in [7, 11) is 0. The second kappa shape index (κ2) is 11.4. The number of ether oxygens (including phenoxy) is 3. The molecule has 34 heavy (non-hydrogen) atoms. The average Bonchev–Trinajstić information content (AvgIpc) is 2.82. The zero-order valence-corrected chi connectivity index (χ0v) is 17.8. The summed E-state index contributed by atoms with van der Waals surface area (Å²) in [6.45, 7) is -0.477. The molecule has 1 aliphatic rings. The number of benzene rings is 2. The number of hydrogen-bond acceptors (Lipinski definition) is 10. The highest BCUT2D eigenvalue weighted by Crippen LogP contribution is 2.23. The minimum Gasteiger partial charge on any atom is -0.508 e. The van der Waals surface area contributed by atoms with E-state index in [2.05, 4.69) is 0 Å². The second-order valence-electron chi connectivity index (χ2n) is 7.43. The van der Waals surface area contributed by atoms with Crippen LogP contribution in [-0.4, -0.2) is 74.8 Å². The maximum Gasteiger partial charge on any atom is 0.331 e. The molecule has 10 nitrogen and oxygen atoms in total. The zero-order valence-electron chi connectivity index (χ0n) is 17.8. The fourth-order valence-electron chi connectivity index (χ4n) is 3.07. The van der Waals surface area contributed by atoms with Gasteiger partial charge in [0.05, 0.1) is 0 Å². The molecule has 5 N–H and O–H groups in total. The van der Waals surface area contributed by atoms with Gasteiger partial charge >= 0.3 is 11.9 Å². The molecular formula is C24H24O10. The van der Waals surface area contributed by atoms with Crippen LogP contribution in [0.3, 0.4) is 0 Å². The van der Waals surface area contributed by atoms with E-state index in [4.69, 9.17) is 14.2 Å². The molecule has 5 atom stereocenters. The molecule has 3 rings (SSSR count). The van der Waals surface area contributed by atoms with E-state index in [0.29, 0.717) is 11.1 Å². The van der Waals surface area contributed by atoms with E-state index >= 15 is 0 Å². The Morgan fingerprint density at radius 2 is 1.29 bits per heavy atom.